The fourth-order valence-electron chi connectivity index (χ4n) is 1.01. The predicted molar refractivity (Wildman–Crippen MR) is 63.4 cm³/mol. The standard InChI is InChI=1S/C10H19NO5S/c1-7(2)11-8(12)5-6-17(15,16)10(3,4)9(13)14/h7H,5-6H2,1-4H3,(H,11,12)(H,13,14). The minimum absolute atomic E-state index is 0.0716. The van der Waals surface area contributed by atoms with Crippen LogP contribution in [0.3, 0.4) is 0 Å². The third-order valence-electron chi connectivity index (χ3n) is 2.34. The van der Waals surface area contributed by atoms with Crippen LogP contribution in [0.2, 0.25) is 0 Å². The molecule has 0 heterocycles. The molecule has 0 bridgehead atoms. The summed E-state index contributed by atoms with van der Waals surface area (Å²) in [5.41, 5.74) is 0. The second kappa shape index (κ2) is 5.48. The van der Waals surface area contributed by atoms with Gasteiger partial charge < -0.3 is 10.4 Å². The van der Waals surface area contributed by atoms with Crippen molar-refractivity contribution in [2.24, 2.45) is 0 Å². The number of sulfone groups is 1. The van der Waals surface area contributed by atoms with Crippen LogP contribution in [-0.2, 0) is 19.4 Å². The van der Waals surface area contributed by atoms with E-state index in [1.807, 2.05) is 0 Å². The van der Waals surface area contributed by atoms with Crippen molar-refractivity contribution in [1.82, 2.24) is 5.32 Å². The number of carboxylic acid groups (broad SMARTS) is 1. The molecule has 7 heteroatoms. The molecule has 0 aliphatic heterocycles. The molecule has 0 radical (unpaired) electrons. The number of aliphatic carboxylic acids is 1. The Hall–Kier alpha value is -1.11. The molecule has 0 aliphatic carbocycles. The first-order chi connectivity index (χ1) is 7.50. The van der Waals surface area contributed by atoms with Crippen molar-refractivity contribution in [1.29, 1.82) is 0 Å². The first-order valence-corrected chi connectivity index (χ1v) is 6.91. The maximum absolute atomic E-state index is 11.7. The Labute approximate surface area is 101 Å². The highest BCUT2D eigenvalue weighted by molar-refractivity contribution is 7.93. The van der Waals surface area contributed by atoms with Gasteiger partial charge in [-0.05, 0) is 27.7 Å². The molecule has 0 saturated heterocycles. The van der Waals surface area contributed by atoms with Gasteiger partial charge in [-0.1, -0.05) is 0 Å². The Morgan fingerprint density at radius 3 is 2.12 bits per heavy atom. The Balaban J connectivity index is 4.59. The quantitative estimate of drug-likeness (QED) is 0.713. The highest BCUT2D eigenvalue weighted by Crippen LogP contribution is 2.18. The van der Waals surface area contributed by atoms with E-state index in [0.29, 0.717) is 0 Å². The third kappa shape index (κ3) is 4.33. The van der Waals surface area contributed by atoms with Gasteiger partial charge >= 0.3 is 5.97 Å². The topological polar surface area (TPSA) is 101 Å². The summed E-state index contributed by atoms with van der Waals surface area (Å²) in [7, 11) is -3.85. The molecule has 0 spiro atoms. The van der Waals surface area contributed by atoms with Gasteiger partial charge in [0.15, 0.2) is 14.6 Å². The summed E-state index contributed by atoms with van der Waals surface area (Å²) in [6, 6.07) is -0.0716. The van der Waals surface area contributed by atoms with Crippen molar-refractivity contribution < 1.29 is 23.1 Å². The molecular weight excluding hydrogens is 246 g/mol. The van der Waals surface area contributed by atoms with Crippen molar-refractivity contribution in [3.05, 3.63) is 0 Å². The number of rotatable bonds is 6. The Kier molecular flexibility index (Phi) is 5.12. The molecule has 100 valence electrons. The van der Waals surface area contributed by atoms with E-state index in [-0.39, 0.29) is 12.5 Å². The van der Waals surface area contributed by atoms with Crippen LogP contribution >= 0.6 is 0 Å². The Morgan fingerprint density at radius 1 is 1.29 bits per heavy atom. The average Bonchev–Trinajstić information content (AvgIpc) is 2.13. The fraction of sp³-hybridized carbons (Fsp3) is 0.800. The van der Waals surface area contributed by atoms with E-state index in [1.165, 1.54) is 0 Å². The molecule has 2 N–H and O–H groups in total. The van der Waals surface area contributed by atoms with Gasteiger partial charge in [0, 0.05) is 12.5 Å². The minimum atomic E-state index is -3.85. The predicted octanol–water partition coefficient (Wildman–Crippen LogP) is 0.179. The van der Waals surface area contributed by atoms with Crippen LogP contribution in [0.25, 0.3) is 0 Å². The van der Waals surface area contributed by atoms with Crippen molar-refractivity contribution in [3.63, 3.8) is 0 Å². The lowest BCUT2D eigenvalue weighted by Crippen LogP contribution is -2.43. The molecule has 17 heavy (non-hydrogen) atoms. The van der Waals surface area contributed by atoms with E-state index in [1.54, 1.807) is 13.8 Å². The Bertz CT molecular complexity index is 397. The molecule has 0 unspecified atom stereocenters. The highest BCUT2D eigenvalue weighted by Gasteiger charge is 2.41. The van der Waals surface area contributed by atoms with Crippen LogP contribution in [0.15, 0.2) is 0 Å². The van der Waals surface area contributed by atoms with Crippen LogP contribution in [0, 0.1) is 0 Å². The van der Waals surface area contributed by atoms with E-state index in [2.05, 4.69) is 5.32 Å². The number of hydrogen-bond donors (Lipinski definition) is 2. The van der Waals surface area contributed by atoms with Crippen LogP contribution in [0.4, 0.5) is 0 Å². The van der Waals surface area contributed by atoms with Crippen LogP contribution in [-0.4, -0.2) is 41.9 Å². The first-order valence-electron chi connectivity index (χ1n) is 5.25. The molecule has 0 atom stereocenters. The number of amides is 1. The summed E-state index contributed by atoms with van der Waals surface area (Å²) < 4.78 is 21.6. The number of hydrogen-bond acceptors (Lipinski definition) is 4. The van der Waals surface area contributed by atoms with Gasteiger partial charge in [0.05, 0.1) is 5.75 Å². The van der Waals surface area contributed by atoms with Crippen LogP contribution in [0.5, 0.6) is 0 Å². The van der Waals surface area contributed by atoms with Gasteiger partial charge in [0.25, 0.3) is 0 Å². The van der Waals surface area contributed by atoms with Gasteiger partial charge in [0.2, 0.25) is 5.91 Å². The lowest BCUT2D eigenvalue weighted by molar-refractivity contribution is -0.139. The van der Waals surface area contributed by atoms with Gasteiger partial charge in [-0.25, -0.2) is 8.42 Å². The van der Waals surface area contributed by atoms with Gasteiger partial charge in [-0.3, -0.25) is 9.59 Å². The summed E-state index contributed by atoms with van der Waals surface area (Å²) in [4.78, 5) is 22.1. The zero-order chi connectivity index (χ0) is 13.9. The van der Waals surface area contributed by atoms with E-state index in [0.717, 1.165) is 13.8 Å². The van der Waals surface area contributed by atoms with E-state index >= 15 is 0 Å². The van der Waals surface area contributed by atoms with E-state index in [4.69, 9.17) is 5.11 Å². The maximum Gasteiger partial charge on any atom is 0.324 e. The summed E-state index contributed by atoms with van der Waals surface area (Å²) in [6.07, 6.45) is -0.225. The summed E-state index contributed by atoms with van der Waals surface area (Å²) in [5, 5.41) is 11.4. The highest BCUT2D eigenvalue weighted by atomic mass is 32.2. The zero-order valence-corrected chi connectivity index (χ0v) is 11.3. The molecular formula is C10H19NO5S. The van der Waals surface area contributed by atoms with Gasteiger partial charge in [0.1, 0.15) is 0 Å². The second-order valence-electron chi connectivity index (χ2n) is 4.61. The maximum atomic E-state index is 11.7. The van der Waals surface area contributed by atoms with Crippen molar-refractivity contribution in [2.45, 2.75) is 44.9 Å². The molecule has 0 aromatic heterocycles. The number of carbonyl (C=O) groups is 2. The molecule has 0 rings (SSSR count). The minimum Gasteiger partial charge on any atom is -0.480 e. The summed E-state index contributed by atoms with van der Waals surface area (Å²) in [6.45, 7) is 5.75. The van der Waals surface area contributed by atoms with Crippen molar-refractivity contribution >= 4 is 21.7 Å². The summed E-state index contributed by atoms with van der Waals surface area (Å²) >= 11 is 0. The van der Waals surface area contributed by atoms with Crippen molar-refractivity contribution in [2.75, 3.05) is 5.75 Å². The smallest absolute Gasteiger partial charge is 0.324 e. The lowest BCUT2D eigenvalue weighted by Gasteiger charge is -2.19. The van der Waals surface area contributed by atoms with Gasteiger partial charge in [-0.2, -0.15) is 0 Å². The molecule has 1 amide bonds. The SMILES string of the molecule is CC(C)NC(=O)CCS(=O)(=O)C(C)(C)C(=O)O. The molecule has 0 aromatic rings. The fourth-order valence-corrected chi connectivity index (χ4v) is 2.24. The number of nitrogens with one attached hydrogen (secondary N) is 1. The number of carboxylic acids is 1. The zero-order valence-electron chi connectivity index (χ0n) is 10.5. The normalized spacial score (nSPS) is 12.5. The average molecular weight is 265 g/mol. The van der Waals surface area contributed by atoms with Crippen LogP contribution < -0.4 is 5.32 Å². The number of carbonyl (C=O) groups excluding carboxylic acids is 1. The molecule has 0 aromatic carbocycles. The monoisotopic (exact) mass is 265 g/mol. The van der Waals surface area contributed by atoms with Crippen molar-refractivity contribution in [3.8, 4) is 0 Å². The first kappa shape index (κ1) is 15.9. The third-order valence-corrected chi connectivity index (χ3v) is 4.81. The lowest BCUT2D eigenvalue weighted by atomic mass is 10.2. The molecule has 0 saturated carbocycles. The van der Waals surface area contributed by atoms with Gasteiger partial charge in [-0.15, -0.1) is 0 Å². The van der Waals surface area contributed by atoms with Crippen LogP contribution in [0.1, 0.15) is 34.1 Å². The second-order valence-corrected chi connectivity index (χ2v) is 7.26. The van der Waals surface area contributed by atoms with E-state index < -0.39 is 32.2 Å². The molecule has 0 fully saturated rings. The van der Waals surface area contributed by atoms with E-state index in [9.17, 15) is 18.0 Å². The summed E-state index contributed by atoms with van der Waals surface area (Å²) in [5.74, 6) is -2.28. The molecule has 6 nitrogen and oxygen atoms in total. The largest absolute Gasteiger partial charge is 0.480 e. The molecule has 0 aliphatic rings. The Morgan fingerprint density at radius 2 is 1.76 bits per heavy atom.